The van der Waals surface area contributed by atoms with E-state index in [0.29, 0.717) is 35.3 Å². The van der Waals surface area contributed by atoms with Gasteiger partial charge in [0.1, 0.15) is 5.75 Å². The summed E-state index contributed by atoms with van der Waals surface area (Å²) >= 11 is 5.21. The molecule has 0 amide bonds. The zero-order valence-electron chi connectivity index (χ0n) is 15.3. The number of nitrogens with one attached hydrogen (secondary N) is 2. The lowest BCUT2D eigenvalue weighted by Gasteiger charge is -2.23. The Balaban J connectivity index is 2.40. The van der Waals surface area contributed by atoms with Crippen LogP contribution in [0, 0.1) is 0 Å². The van der Waals surface area contributed by atoms with Crippen LogP contribution in [0.3, 0.4) is 0 Å². The smallest absolute Gasteiger partial charge is 0.264 e. The van der Waals surface area contributed by atoms with Crippen LogP contribution in [0.15, 0.2) is 66.1 Å². The fourth-order valence-corrected chi connectivity index (χ4v) is 4.18. The number of ether oxygens (including phenoxy) is 1. The molecule has 8 heteroatoms. The monoisotopic (exact) mass is 405 g/mol. The van der Waals surface area contributed by atoms with Crippen LogP contribution in [0.1, 0.15) is 6.92 Å². The van der Waals surface area contributed by atoms with Crippen molar-refractivity contribution in [2.24, 2.45) is 0 Å². The Bertz CT molecular complexity index is 900. The van der Waals surface area contributed by atoms with Gasteiger partial charge in [-0.15, -0.1) is 6.58 Å². The minimum absolute atomic E-state index is 0.142. The van der Waals surface area contributed by atoms with Crippen molar-refractivity contribution in [2.45, 2.75) is 11.8 Å². The van der Waals surface area contributed by atoms with Crippen LogP contribution < -0.4 is 19.7 Å². The Kier molecular flexibility index (Phi) is 7.20. The van der Waals surface area contributed by atoms with Gasteiger partial charge in [-0.05, 0) is 49.5 Å². The van der Waals surface area contributed by atoms with Crippen molar-refractivity contribution in [3.63, 3.8) is 0 Å². The molecule has 0 unspecified atom stereocenters. The molecule has 0 atom stereocenters. The molecule has 144 valence electrons. The highest BCUT2D eigenvalue weighted by Gasteiger charge is 2.24. The average molecular weight is 406 g/mol. The third-order valence-corrected chi connectivity index (χ3v) is 5.89. The number of hydrogen-bond donors (Lipinski definition) is 2. The standard InChI is InChI=1S/C19H23N3O3S2/c1-4-13-20-19(26)21-17-14-16(11-12-18(17)25-3)27(23,24)22(5-2)15-9-7-6-8-10-15/h4,6-12,14H,1,5,13H2,2-3H3,(H2,20,21,26). The summed E-state index contributed by atoms with van der Waals surface area (Å²) in [6, 6.07) is 13.6. The summed E-state index contributed by atoms with van der Waals surface area (Å²) in [6.45, 7) is 6.21. The molecule has 0 heterocycles. The van der Waals surface area contributed by atoms with E-state index in [9.17, 15) is 8.42 Å². The number of rotatable bonds is 8. The third kappa shape index (κ3) is 4.99. The zero-order chi connectivity index (χ0) is 19.9. The Morgan fingerprint density at radius 2 is 1.96 bits per heavy atom. The van der Waals surface area contributed by atoms with Crippen molar-refractivity contribution in [3.8, 4) is 5.75 Å². The Morgan fingerprint density at radius 1 is 1.26 bits per heavy atom. The first-order valence-corrected chi connectivity index (χ1v) is 10.2. The lowest BCUT2D eigenvalue weighted by molar-refractivity contribution is 0.416. The van der Waals surface area contributed by atoms with Gasteiger partial charge in [0.05, 0.1) is 23.4 Å². The van der Waals surface area contributed by atoms with Crippen LogP contribution in [0.5, 0.6) is 5.75 Å². The van der Waals surface area contributed by atoms with Crippen molar-refractivity contribution in [1.82, 2.24) is 5.32 Å². The molecule has 0 bridgehead atoms. The maximum absolute atomic E-state index is 13.2. The van der Waals surface area contributed by atoms with Crippen molar-refractivity contribution < 1.29 is 13.2 Å². The molecule has 2 aromatic rings. The number of para-hydroxylation sites is 1. The highest BCUT2D eigenvalue weighted by Crippen LogP contribution is 2.30. The minimum atomic E-state index is -3.75. The summed E-state index contributed by atoms with van der Waals surface area (Å²) < 4.78 is 33.0. The Labute approximate surface area is 165 Å². The minimum Gasteiger partial charge on any atom is -0.495 e. The lowest BCUT2D eigenvalue weighted by atomic mass is 10.3. The van der Waals surface area contributed by atoms with Crippen LogP contribution in [0.4, 0.5) is 11.4 Å². The number of anilines is 2. The molecule has 0 saturated heterocycles. The highest BCUT2D eigenvalue weighted by molar-refractivity contribution is 7.92. The molecule has 2 aromatic carbocycles. The SMILES string of the molecule is C=CCNC(=S)Nc1cc(S(=O)(=O)N(CC)c2ccccc2)ccc1OC. The van der Waals surface area contributed by atoms with Gasteiger partial charge < -0.3 is 15.4 Å². The quantitative estimate of drug-likeness (QED) is 0.518. The fourth-order valence-electron chi connectivity index (χ4n) is 2.49. The molecule has 0 aromatic heterocycles. The Hall–Kier alpha value is -2.58. The first-order valence-electron chi connectivity index (χ1n) is 8.35. The molecule has 6 nitrogen and oxygen atoms in total. The van der Waals surface area contributed by atoms with Crippen LogP contribution >= 0.6 is 12.2 Å². The van der Waals surface area contributed by atoms with Gasteiger partial charge in [-0.2, -0.15) is 0 Å². The highest BCUT2D eigenvalue weighted by atomic mass is 32.2. The second-order valence-electron chi connectivity index (χ2n) is 5.49. The summed E-state index contributed by atoms with van der Waals surface area (Å²) in [5.41, 5.74) is 1.07. The maximum Gasteiger partial charge on any atom is 0.264 e. The van der Waals surface area contributed by atoms with Crippen molar-refractivity contribution in [1.29, 1.82) is 0 Å². The summed E-state index contributed by atoms with van der Waals surface area (Å²) in [4.78, 5) is 0.142. The number of hydrogen-bond acceptors (Lipinski definition) is 4. The molecule has 2 N–H and O–H groups in total. The normalized spacial score (nSPS) is 10.7. The van der Waals surface area contributed by atoms with Crippen molar-refractivity contribution in [2.75, 3.05) is 29.8 Å². The molecule has 0 saturated carbocycles. The molecule has 0 aliphatic heterocycles. The zero-order valence-corrected chi connectivity index (χ0v) is 16.9. The summed E-state index contributed by atoms with van der Waals surface area (Å²) in [5.74, 6) is 0.486. The molecule has 0 radical (unpaired) electrons. The van der Waals surface area contributed by atoms with Crippen LogP contribution in [0.25, 0.3) is 0 Å². The van der Waals surface area contributed by atoms with E-state index in [4.69, 9.17) is 17.0 Å². The summed E-state index contributed by atoms with van der Waals surface area (Å²) in [7, 11) is -2.24. The van der Waals surface area contributed by atoms with Gasteiger partial charge in [0.25, 0.3) is 10.0 Å². The van der Waals surface area contributed by atoms with Gasteiger partial charge in [0.15, 0.2) is 5.11 Å². The molecule has 2 rings (SSSR count). The average Bonchev–Trinajstić information content (AvgIpc) is 2.67. The molecular weight excluding hydrogens is 382 g/mol. The van der Waals surface area contributed by atoms with E-state index < -0.39 is 10.0 Å². The van der Waals surface area contributed by atoms with E-state index in [1.54, 1.807) is 43.3 Å². The van der Waals surface area contributed by atoms with Gasteiger partial charge in [0.2, 0.25) is 0 Å². The molecule has 0 aliphatic rings. The lowest BCUT2D eigenvalue weighted by Crippen LogP contribution is -2.31. The Morgan fingerprint density at radius 3 is 2.56 bits per heavy atom. The fraction of sp³-hybridized carbons (Fsp3) is 0.211. The van der Waals surface area contributed by atoms with Crippen molar-refractivity contribution in [3.05, 3.63) is 61.2 Å². The van der Waals surface area contributed by atoms with Gasteiger partial charge in [-0.3, -0.25) is 4.31 Å². The van der Waals surface area contributed by atoms with Crippen LogP contribution in [0.2, 0.25) is 0 Å². The second-order valence-corrected chi connectivity index (χ2v) is 7.76. The van der Waals surface area contributed by atoms with E-state index in [1.165, 1.54) is 23.5 Å². The van der Waals surface area contributed by atoms with E-state index in [1.807, 2.05) is 6.07 Å². The topological polar surface area (TPSA) is 70.7 Å². The molecular formula is C19H23N3O3S2. The van der Waals surface area contributed by atoms with Gasteiger partial charge in [0, 0.05) is 13.1 Å². The largest absolute Gasteiger partial charge is 0.495 e. The van der Waals surface area contributed by atoms with Crippen LogP contribution in [-0.2, 0) is 10.0 Å². The van der Waals surface area contributed by atoms with Gasteiger partial charge >= 0.3 is 0 Å². The van der Waals surface area contributed by atoms with E-state index in [0.717, 1.165) is 0 Å². The molecule has 27 heavy (non-hydrogen) atoms. The van der Waals surface area contributed by atoms with E-state index in [-0.39, 0.29) is 4.90 Å². The maximum atomic E-state index is 13.2. The number of sulfonamides is 1. The van der Waals surface area contributed by atoms with Crippen LogP contribution in [-0.4, -0.2) is 33.7 Å². The third-order valence-electron chi connectivity index (χ3n) is 3.75. The van der Waals surface area contributed by atoms with E-state index >= 15 is 0 Å². The summed E-state index contributed by atoms with van der Waals surface area (Å²) in [6.07, 6.45) is 1.67. The predicted octanol–water partition coefficient (Wildman–Crippen LogP) is 3.38. The first kappa shape index (κ1) is 20.7. The van der Waals surface area contributed by atoms with Crippen molar-refractivity contribution >= 4 is 38.7 Å². The molecule has 0 fully saturated rings. The summed E-state index contributed by atoms with van der Waals surface area (Å²) in [5, 5.41) is 6.25. The number of nitrogens with zero attached hydrogens (tertiary/aromatic N) is 1. The molecule has 0 spiro atoms. The van der Waals surface area contributed by atoms with E-state index in [2.05, 4.69) is 17.2 Å². The first-order chi connectivity index (χ1) is 12.9. The number of thiocarbonyl (C=S) groups is 1. The number of benzene rings is 2. The number of methoxy groups -OCH3 is 1. The molecule has 0 aliphatic carbocycles. The predicted molar refractivity (Wildman–Crippen MR) is 114 cm³/mol. The van der Waals surface area contributed by atoms with Gasteiger partial charge in [-0.25, -0.2) is 8.42 Å². The van der Waals surface area contributed by atoms with Gasteiger partial charge in [-0.1, -0.05) is 24.3 Å². The second kappa shape index (κ2) is 9.38.